The molecule has 28 atom stereocenters. The van der Waals surface area contributed by atoms with Gasteiger partial charge in [0, 0.05) is 117 Å². The predicted molar refractivity (Wildman–Crippen MR) is 463 cm³/mol. The Hall–Kier alpha value is -13.0. The van der Waals surface area contributed by atoms with E-state index in [-0.39, 0.29) is 25.8 Å². The molecule has 0 aliphatic carbocycles. The Morgan fingerprint density at radius 3 is 1.05 bits per heavy atom. The fraction of sp³-hybridized carbons (Fsp3) is 0.718. The van der Waals surface area contributed by atoms with Gasteiger partial charge in [-0.05, 0) is 52.4 Å². The summed E-state index contributed by atoms with van der Waals surface area (Å²) in [7, 11) is 0. The fourth-order valence-electron chi connectivity index (χ4n) is 15.6. The molecule has 5 rings (SSSR count). The number of hydrogen-bond acceptors (Lipinski definition) is 42. The number of carbonyl (C=O) groups is 24. The second-order valence-electron chi connectivity index (χ2n) is 33.8. The van der Waals surface area contributed by atoms with Crippen molar-refractivity contribution in [3.05, 3.63) is 0 Å². The summed E-state index contributed by atoms with van der Waals surface area (Å²) in [6, 6.07) is -19.2. The highest BCUT2D eigenvalue weighted by Crippen LogP contribution is 2.38. The van der Waals surface area contributed by atoms with Crippen LogP contribution in [0.1, 0.15) is 171 Å². The summed E-state index contributed by atoms with van der Waals surface area (Å²) < 4.78 is 108. The van der Waals surface area contributed by atoms with Gasteiger partial charge in [-0.3, -0.25) is 115 Å². The van der Waals surface area contributed by atoms with E-state index in [2.05, 4.69) is 58.5 Å². The van der Waals surface area contributed by atoms with Crippen molar-refractivity contribution < 1.29 is 205 Å². The molecule has 790 valence electrons. The third-order valence-electron chi connectivity index (χ3n) is 21.2. The molecule has 0 unspecified atom stereocenters. The average Bonchev–Trinajstić information content (AvgIpc) is 1.23. The SMILES string of the molecule is CC(=O)N[C@H]1[C@@H](O[C@@H]2[C@@H](NC(C)=O)[C@@H](O[C@H](C)[C@H](NC(=O)[C@H](C)NC(=O)[C@H](CC(C)C)NC(=O)[C@H](CCC(=O)O)NC(C)=O)C(=O)N[C@H](C(=O)NCC(=O)N3CCC[C@H]3C(=O)NCC(N)=O)[C@@H](C)O[C@H]3O[C@H](COC(C)=O)[C@H](OC(C)=O)[C@H](O[C@H]4O[C@H](COC(C)=O)[C@H](OC(C)=O)[C@H](OC(C)=O)[C@H]4NC(C)=O)[C@H]3NC(C)=O)O[C@H](COC(C)=O)[C@@H]2OC(C)=O)O[C@H](COC(C)=O)[C@H](OC(C)=O)[C@@H]1OC(C)=O. The number of carboxylic acid groups (broad SMARTS) is 1. The lowest BCUT2D eigenvalue weighted by molar-refractivity contribution is -0.334. The first kappa shape index (κ1) is 118. The van der Waals surface area contributed by atoms with Crippen LogP contribution in [0, 0.1) is 5.92 Å². The zero-order valence-electron chi connectivity index (χ0n) is 81.3. The van der Waals surface area contributed by atoms with E-state index in [1.807, 2.05) is 0 Å². The van der Waals surface area contributed by atoms with Crippen LogP contribution in [0.25, 0.3) is 0 Å². The van der Waals surface area contributed by atoms with Crippen LogP contribution in [-0.4, -0.2) is 370 Å². The van der Waals surface area contributed by atoms with Crippen LogP contribution < -0.4 is 64.2 Å². The summed E-state index contributed by atoms with van der Waals surface area (Å²) in [6.45, 7) is 14.9. The van der Waals surface area contributed by atoms with Gasteiger partial charge in [0.15, 0.2) is 61.8 Å². The third-order valence-corrected chi connectivity index (χ3v) is 21.2. The highest BCUT2D eigenvalue weighted by atomic mass is 16.8. The van der Waals surface area contributed by atoms with E-state index in [0.29, 0.717) is 0 Å². The summed E-state index contributed by atoms with van der Waals surface area (Å²) in [6.07, 6.45) is -37.3. The van der Waals surface area contributed by atoms with Crippen molar-refractivity contribution in [1.82, 2.24) is 63.4 Å². The van der Waals surface area contributed by atoms with Gasteiger partial charge >= 0.3 is 65.7 Å². The number of esters is 10. The molecule has 14 N–H and O–H groups in total. The maximum absolute atomic E-state index is 16.4. The first-order valence-electron chi connectivity index (χ1n) is 44.6. The number of likely N-dealkylation sites (tertiary alicyclic amines) is 1. The minimum Gasteiger partial charge on any atom is -0.481 e. The van der Waals surface area contributed by atoms with Crippen LogP contribution in [0.4, 0.5) is 0 Å². The van der Waals surface area contributed by atoms with Gasteiger partial charge in [0.25, 0.3) is 0 Å². The Balaban J connectivity index is 1.89. The summed E-state index contributed by atoms with van der Waals surface area (Å²) in [5.74, 6) is -26.6. The number of primary amides is 1. The molecule has 5 fully saturated rings. The van der Waals surface area contributed by atoms with Crippen LogP contribution in [0.2, 0.25) is 0 Å². The molecular formula is C85H127N13O43. The molecule has 0 aromatic rings. The number of amides is 13. The molecule has 0 spiro atoms. The highest BCUT2D eigenvalue weighted by Gasteiger charge is 2.60. The number of carboxylic acids is 1. The molecule has 0 saturated carbocycles. The Labute approximate surface area is 807 Å². The number of nitrogens with two attached hydrogens (primary N) is 1. The van der Waals surface area contributed by atoms with Gasteiger partial charge in [-0.2, -0.15) is 0 Å². The number of nitrogens with one attached hydrogen (secondary N) is 11. The minimum atomic E-state index is -2.49. The first-order valence-corrected chi connectivity index (χ1v) is 44.6. The van der Waals surface area contributed by atoms with Crippen molar-refractivity contribution in [3.63, 3.8) is 0 Å². The quantitative estimate of drug-likeness (QED) is 0.0199. The lowest BCUT2D eigenvalue weighted by atomic mass is 9.93. The second-order valence-corrected chi connectivity index (χ2v) is 33.8. The molecule has 13 amide bonds. The maximum atomic E-state index is 16.4. The van der Waals surface area contributed by atoms with E-state index in [9.17, 15) is 106 Å². The smallest absolute Gasteiger partial charge is 0.303 e. The van der Waals surface area contributed by atoms with Gasteiger partial charge in [-0.1, -0.05) is 13.8 Å². The largest absolute Gasteiger partial charge is 0.481 e. The normalized spacial score (nSPS) is 26.6. The molecule has 0 aromatic heterocycles. The fourth-order valence-corrected chi connectivity index (χ4v) is 15.6. The Morgan fingerprint density at radius 2 is 0.709 bits per heavy atom. The van der Waals surface area contributed by atoms with Crippen LogP contribution in [0.5, 0.6) is 0 Å². The first-order chi connectivity index (χ1) is 65.9. The second kappa shape index (κ2) is 55.8. The molecule has 141 heavy (non-hydrogen) atoms. The number of carbonyl (C=O) groups excluding carboxylic acids is 23. The van der Waals surface area contributed by atoms with Crippen molar-refractivity contribution in [2.24, 2.45) is 11.7 Å². The Bertz CT molecular complexity index is 4540. The van der Waals surface area contributed by atoms with Crippen LogP contribution in [0.3, 0.4) is 0 Å². The van der Waals surface area contributed by atoms with Gasteiger partial charge in [-0.25, -0.2) is 0 Å². The monoisotopic (exact) mass is 2020 g/mol. The van der Waals surface area contributed by atoms with Gasteiger partial charge in [0.05, 0.1) is 25.3 Å². The number of hydrogen-bond donors (Lipinski definition) is 13. The van der Waals surface area contributed by atoms with Gasteiger partial charge < -0.3 is 159 Å². The molecule has 0 aromatic carbocycles. The lowest BCUT2D eigenvalue weighted by Crippen LogP contribution is -2.71. The van der Waals surface area contributed by atoms with E-state index in [4.69, 9.17) is 91.0 Å². The van der Waals surface area contributed by atoms with Crippen LogP contribution in [-0.2, 0) is 200 Å². The minimum absolute atomic E-state index is 0.000321. The predicted octanol–water partition coefficient (Wildman–Crippen LogP) is -7.59. The number of aliphatic carboxylic acids is 1. The van der Waals surface area contributed by atoms with Gasteiger partial charge in [0.2, 0.25) is 76.8 Å². The number of ether oxygens (including phenoxy) is 18. The molecule has 56 nitrogen and oxygen atoms in total. The topological polar surface area (TPSA) is 758 Å². The lowest BCUT2D eigenvalue weighted by Gasteiger charge is -2.50. The summed E-state index contributed by atoms with van der Waals surface area (Å²) in [5, 5.41) is 36.3. The van der Waals surface area contributed by atoms with Crippen molar-refractivity contribution in [3.8, 4) is 0 Å². The van der Waals surface area contributed by atoms with E-state index >= 15 is 14.4 Å². The third kappa shape index (κ3) is 38.1. The maximum Gasteiger partial charge on any atom is 0.303 e. The molecule has 0 radical (unpaired) electrons. The number of rotatable bonds is 48. The van der Waals surface area contributed by atoms with Crippen molar-refractivity contribution in [2.75, 3.05) is 46.1 Å². The van der Waals surface area contributed by atoms with Crippen molar-refractivity contribution in [2.45, 2.75) is 342 Å². The van der Waals surface area contributed by atoms with Gasteiger partial charge in [-0.15, -0.1) is 0 Å². The highest BCUT2D eigenvalue weighted by molar-refractivity contribution is 5.98. The number of nitrogens with zero attached hydrogens (tertiary/aromatic N) is 1. The van der Waals surface area contributed by atoms with E-state index in [0.717, 1.165) is 130 Å². The van der Waals surface area contributed by atoms with Crippen LogP contribution in [0.15, 0.2) is 0 Å². The van der Waals surface area contributed by atoms with E-state index in [1.165, 1.54) is 0 Å². The molecular weight excluding hydrogens is 1890 g/mol. The Morgan fingerprint density at radius 1 is 0.369 bits per heavy atom. The molecule has 5 saturated heterocycles. The van der Waals surface area contributed by atoms with E-state index in [1.54, 1.807) is 13.8 Å². The summed E-state index contributed by atoms with van der Waals surface area (Å²) in [4.78, 5) is 326. The molecule has 56 heteroatoms. The van der Waals surface area contributed by atoms with Crippen molar-refractivity contribution >= 4 is 142 Å². The van der Waals surface area contributed by atoms with Crippen LogP contribution >= 0.6 is 0 Å². The Kier molecular flexibility index (Phi) is 46.9. The zero-order valence-corrected chi connectivity index (χ0v) is 81.3. The van der Waals surface area contributed by atoms with Crippen molar-refractivity contribution in [1.29, 1.82) is 0 Å². The molecule has 5 aliphatic heterocycles. The molecule has 0 bridgehead atoms. The zero-order chi connectivity index (χ0) is 106. The molecule has 5 aliphatic rings. The summed E-state index contributed by atoms with van der Waals surface area (Å²) in [5.41, 5.74) is 5.30. The van der Waals surface area contributed by atoms with Gasteiger partial charge in [0.1, 0.15) is 123 Å². The molecule has 5 heterocycles. The standard InChI is InChI=1S/C85H127N13O43/c1-33(2)26-53(95-77(119)52(90-37(6)99)23-24-61(116)117)78(120)89-34(3)76(118)96-63(36(5)129-83-67(94-41(10)103)75(71(133-49(18)111)58(137-83)32-127-45(14)107)141-85-65(92-39(8)101)73(135-51(20)113)69(131-47(16)109)56(139-85)30-125-43(12)105)81(123)97-62(80(122)88-28-60(115)98-25-21-22-54(98)79(121)87-27-59(86)114)35(4)128-82-66(93-40(9)102)74(70(132-48(17)110)57(136-82)31-126-44(13)106)140-84-64(91-38(7)100)72(134-50(19)112)68(130-46(15)108)55(138-84)29-124-42(11)104/h33-36,52-58,62-75,82-85H,21-32H2,1-20H3,(H2,86,114)(H,87,121)(H,88,122)(H,89,120)(H,90,99)(H,91,100)(H,92,101)(H,93,102)(H,94,103)(H,95,119)(H,96,118)(H,97,123)(H,116,117)/t34-,35+,36+,52-,53-,54-,55+,56+,57+,58+,62-,63-,64+,65+,66+,67+,68-,69-,70-,71-,72+,73+,74+,75+,82-,83-,84+,85+/m0/s1. The van der Waals surface area contributed by atoms with E-state index < -0.39 is 372 Å². The average molecular weight is 2020 g/mol. The summed E-state index contributed by atoms with van der Waals surface area (Å²) >= 11 is 0.